The van der Waals surface area contributed by atoms with Gasteiger partial charge in [-0.1, -0.05) is 6.42 Å². The maximum absolute atomic E-state index is 13.0. The Morgan fingerprint density at radius 3 is 2.64 bits per heavy atom. The Morgan fingerprint density at radius 2 is 1.96 bits per heavy atom. The van der Waals surface area contributed by atoms with Crippen molar-refractivity contribution < 1.29 is 13.2 Å². The average molecular weight is 366 g/mol. The van der Waals surface area contributed by atoms with Gasteiger partial charge >= 0.3 is 0 Å². The van der Waals surface area contributed by atoms with Crippen molar-refractivity contribution in [2.75, 3.05) is 31.5 Å². The molecule has 0 aliphatic carbocycles. The molecule has 2 saturated heterocycles. The number of piperidine rings is 1. The molecule has 7 nitrogen and oxygen atoms in total. The second-order valence-corrected chi connectivity index (χ2v) is 8.71. The van der Waals surface area contributed by atoms with Crippen LogP contribution in [0.15, 0.2) is 23.2 Å². The number of nitrogens with one attached hydrogen (secondary N) is 1. The first kappa shape index (κ1) is 18.1. The van der Waals surface area contributed by atoms with Gasteiger partial charge in [0.05, 0.1) is 0 Å². The number of amides is 1. The zero-order chi connectivity index (χ0) is 17.9. The van der Waals surface area contributed by atoms with E-state index in [9.17, 15) is 13.2 Å². The fourth-order valence-corrected chi connectivity index (χ4v) is 5.08. The Labute approximate surface area is 149 Å². The van der Waals surface area contributed by atoms with Crippen LogP contribution >= 0.6 is 0 Å². The van der Waals surface area contributed by atoms with Gasteiger partial charge in [0, 0.05) is 44.8 Å². The van der Waals surface area contributed by atoms with E-state index in [0.29, 0.717) is 31.9 Å². The summed E-state index contributed by atoms with van der Waals surface area (Å²) in [4.78, 5) is 18.1. The van der Waals surface area contributed by atoms with Crippen LogP contribution in [0.25, 0.3) is 0 Å². The van der Waals surface area contributed by atoms with Crippen LogP contribution in [0, 0.1) is 0 Å². The van der Waals surface area contributed by atoms with E-state index in [1.165, 1.54) is 0 Å². The summed E-state index contributed by atoms with van der Waals surface area (Å²) in [6, 6.07) is 3.18. The number of aromatic nitrogens is 1. The number of sulfonamides is 1. The number of pyridine rings is 1. The Balaban J connectivity index is 1.75. The number of carbonyl (C=O) groups excluding carboxylic acids is 1. The van der Waals surface area contributed by atoms with Crippen LogP contribution < -0.4 is 5.32 Å². The lowest BCUT2D eigenvalue weighted by Gasteiger charge is -2.27. The summed E-state index contributed by atoms with van der Waals surface area (Å²) in [7, 11) is -3.55. The van der Waals surface area contributed by atoms with Crippen molar-refractivity contribution in [3.63, 3.8) is 0 Å². The molecular formula is C17H26N4O3S. The van der Waals surface area contributed by atoms with Gasteiger partial charge in [0.25, 0.3) is 0 Å². The third-order valence-electron chi connectivity index (χ3n) is 4.75. The monoisotopic (exact) mass is 366 g/mol. The summed E-state index contributed by atoms with van der Waals surface area (Å²) in [5, 5.41) is 3.19. The Bertz CT molecular complexity index is 716. The van der Waals surface area contributed by atoms with E-state index in [2.05, 4.69) is 10.3 Å². The summed E-state index contributed by atoms with van der Waals surface area (Å²) >= 11 is 0. The fraction of sp³-hybridized carbons (Fsp3) is 0.647. The molecule has 138 valence electrons. The molecule has 3 rings (SSSR count). The van der Waals surface area contributed by atoms with E-state index in [0.717, 1.165) is 32.2 Å². The van der Waals surface area contributed by atoms with Crippen LogP contribution in [0.2, 0.25) is 0 Å². The van der Waals surface area contributed by atoms with Crippen molar-refractivity contribution in [1.82, 2.24) is 14.2 Å². The van der Waals surface area contributed by atoms with Gasteiger partial charge in [0.2, 0.25) is 15.9 Å². The van der Waals surface area contributed by atoms with Gasteiger partial charge in [-0.2, -0.15) is 4.31 Å². The van der Waals surface area contributed by atoms with Crippen molar-refractivity contribution in [3.8, 4) is 0 Å². The van der Waals surface area contributed by atoms with Crippen molar-refractivity contribution in [1.29, 1.82) is 0 Å². The van der Waals surface area contributed by atoms with E-state index >= 15 is 0 Å². The highest BCUT2D eigenvalue weighted by Crippen LogP contribution is 2.25. The zero-order valence-electron chi connectivity index (χ0n) is 14.6. The largest absolute Gasteiger partial charge is 0.365 e. The molecular weight excluding hydrogens is 340 g/mol. The minimum Gasteiger partial charge on any atom is -0.365 e. The normalized spacial score (nSPS) is 20.7. The third-order valence-corrected chi connectivity index (χ3v) is 6.68. The van der Waals surface area contributed by atoms with E-state index < -0.39 is 10.0 Å². The van der Waals surface area contributed by atoms with Gasteiger partial charge in [-0.15, -0.1) is 0 Å². The summed E-state index contributed by atoms with van der Waals surface area (Å²) in [5.41, 5.74) is 0. The number of anilines is 1. The second-order valence-electron chi connectivity index (χ2n) is 6.80. The average Bonchev–Trinajstić information content (AvgIpc) is 3.01. The molecule has 1 aromatic rings. The zero-order valence-corrected chi connectivity index (χ0v) is 15.5. The molecule has 0 aromatic carbocycles. The first-order valence-electron chi connectivity index (χ1n) is 8.98. The smallest absolute Gasteiger partial charge is 0.246 e. The Kier molecular flexibility index (Phi) is 5.58. The summed E-state index contributed by atoms with van der Waals surface area (Å²) < 4.78 is 27.5. The Morgan fingerprint density at radius 1 is 1.20 bits per heavy atom. The predicted octanol–water partition coefficient (Wildman–Crippen LogP) is 1.68. The summed E-state index contributed by atoms with van der Waals surface area (Å²) in [5.74, 6) is 0.531. The molecule has 1 unspecified atom stereocenters. The van der Waals surface area contributed by atoms with Gasteiger partial charge in [-0.05, 0) is 38.3 Å². The van der Waals surface area contributed by atoms with Crippen molar-refractivity contribution in [2.45, 2.75) is 50.0 Å². The van der Waals surface area contributed by atoms with Gasteiger partial charge in [0.1, 0.15) is 10.7 Å². The number of hydrogen-bond donors (Lipinski definition) is 1. The van der Waals surface area contributed by atoms with E-state index in [-0.39, 0.29) is 16.8 Å². The molecule has 0 spiro atoms. The first-order valence-corrected chi connectivity index (χ1v) is 10.4. The molecule has 1 aromatic heterocycles. The number of hydrogen-bond acceptors (Lipinski definition) is 5. The van der Waals surface area contributed by atoms with Crippen molar-refractivity contribution in [3.05, 3.63) is 18.3 Å². The van der Waals surface area contributed by atoms with Crippen LogP contribution in [0.3, 0.4) is 0 Å². The van der Waals surface area contributed by atoms with E-state index in [1.807, 2.05) is 11.8 Å². The first-order chi connectivity index (χ1) is 12.0. The van der Waals surface area contributed by atoms with Crippen molar-refractivity contribution >= 4 is 21.7 Å². The lowest BCUT2D eigenvalue weighted by atomic mass is 10.2. The molecule has 2 aliphatic heterocycles. The Hall–Kier alpha value is -1.67. The van der Waals surface area contributed by atoms with Gasteiger partial charge < -0.3 is 10.2 Å². The molecule has 3 heterocycles. The van der Waals surface area contributed by atoms with Crippen molar-refractivity contribution in [2.24, 2.45) is 0 Å². The SMILES string of the molecule is CC(CN1CCCC1=O)Nc1ncccc1S(=O)(=O)N1CCCCC1. The summed E-state index contributed by atoms with van der Waals surface area (Å²) in [6.07, 6.45) is 5.95. The van der Waals surface area contributed by atoms with Gasteiger partial charge in [-0.25, -0.2) is 13.4 Å². The molecule has 0 radical (unpaired) electrons. The quantitative estimate of drug-likeness (QED) is 0.828. The highest BCUT2D eigenvalue weighted by atomic mass is 32.2. The molecule has 8 heteroatoms. The van der Waals surface area contributed by atoms with E-state index in [4.69, 9.17) is 0 Å². The van der Waals surface area contributed by atoms with Crippen LogP contribution in [0.1, 0.15) is 39.0 Å². The molecule has 0 bridgehead atoms. The number of rotatable bonds is 6. The maximum atomic E-state index is 13.0. The van der Waals surface area contributed by atoms with E-state index in [1.54, 1.807) is 22.6 Å². The van der Waals surface area contributed by atoms with Crippen LogP contribution in [0.5, 0.6) is 0 Å². The molecule has 1 atom stereocenters. The van der Waals surface area contributed by atoms with Crippen LogP contribution in [-0.2, 0) is 14.8 Å². The topological polar surface area (TPSA) is 82.6 Å². The van der Waals surface area contributed by atoms with Crippen LogP contribution in [-0.4, -0.2) is 60.7 Å². The maximum Gasteiger partial charge on any atom is 0.246 e. The number of carbonyl (C=O) groups is 1. The predicted molar refractivity (Wildman–Crippen MR) is 95.7 cm³/mol. The lowest BCUT2D eigenvalue weighted by Crippen LogP contribution is -2.38. The minimum absolute atomic E-state index is 0.0766. The van der Waals surface area contributed by atoms with Gasteiger partial charge in [-0.3, -0.25) is 4.79 Å². The molecule has 1 N–H and O–H groups in total. The number of likely N-dealkylation sites (tertiary alicyclic amines) is 1. The van der Waals surface area contributed by atoms with Gasteiger partial charge in [0.15, 0.2) is 0 Å². The molecule has 2 aliphatic rings. The third kappa shape index (κ3) is 4.12. The van der Waals surface area contributed by atoms with Crippen LogP contribution in [0.4, 0.5) is 5.82 Å². The molecule has 2 fully saturated rings. The molecule has 25 heavy (non-hydrogen) atoms. The highest BCUT2D eigenvalue weighted by molar-refractivity contribution is 7.89. The second kappa shape index (κ2) is 7.70. The minimum atomic E-state index is -3.55. The number of nitrogens with zero attached hydrogens (tertiary/aromatic N) is 3. The highest BCUT2D eigenvalue weighted by Gasteiger charge is 2.29. The standard InChI is InChI=1S/C17H26N4O3S/c1-14(13-20-10-6-8-16(20)22)19-17-15(7-5-9-18-17)25(23,24)21-11-3-2-4-12-21/h5,7,9,14H,2-4,6,8,10-13H2,1H3,(H,18,19). The lowest BCUT2D eigenvalue weighted by molar-refractivity contribution is -0.127. The fourth-order valence-electron chi connectivity index (χ4n) is 3.46. The molecule has 0 saturated carbocycles. The summed E-state index contributed by atoms with van der Waals surface area (Å²) in [6.45, 7) is 4.39. The molecule has 1 amide bonds.